The van der Waals surface area contributed by atoms with E-state index in [-0.39, 0.29) is 6.03 Å². The van der Waals surface area contributed by atoms with E-state index < -0.39 is 10.0 Å². The van der Waals surface area contributed by atoms with E-state index in [0.29, 0.717) is 37.5 Å². The first kappa shape index (κ1) is 18.4. The lowest BCUT2D eigenvalue weighted by Gasteiger charge is -2.22. The number of amides is 2. The molecule has 3 rings (SSSR count). The van der Waals surface area contributed by atoms with Gasteiger partial charge in [-0.05, 0) is 37.6 Å². The van der Waals surface area contributed by atoms with Crippen molar-refractivity contribution >= 4 is 21.7 Å². The van der Waals surface area contributed by atoms with Crippen molar-refractivity contribution in [1.82, 2.24) is 9.21 Å². The molecule has 6 nitrogen and oxygen atoms in total. The van der Waals surface area contributed by atoms with Gasteiger partial charge in [0.1, 0.15) is 0 Å². The molecule has 1 aliphatic heterocycles. The molecule has 138 valence electrons. The minimum absolute atomic E-state index is 0.203. The van der Waals surface area contributed by atoms with Crippen LogP contribution in [0.4, 0.5) is 10.5 Å². The highest BCUT2D eigenvalue weighted by Crippen LogP contribution is 2.18. The Hall–Kier alpha value is -2.38. The Bertz CT molecular complexity index is 851. The third-order valence-corrected chi connectivity index (χ3v) is 6.34. The summed E-state index contributed by atoms with van der Waals surface area (Å²) in [5.41, 5.74) is 1.74. The number of anilines is 1. The van der Waals surface area contributed by atoms with Gasteiger partial charge in [0.15, 0.2) is 0 Å². The molecule has 2 aromatic rings. The summed E-state index contributed by atoms with van der Waals surface area (Å²) in [5.74, 6) is 0. The van der Waals surface area contributed by atoms with E-state index >= 15 is 0 Å². The average molecular weight is 373 g/mol. The highest BCUT2D eigenvalue weighted by molar-refractivity contribution is 7.89. The maximum atomic E-state index is 12.8. The average Bonchev–Trinajstić information content (AvgIpc) is 2.90. The Labute approximate surface area is 154 Å². The lowest BCUT2D eigenvalue weighted by molar-refractivity contribution is 0.214. The van der Waals surface area contributed by atoms with Gasteiger partial charge in [-0.2, -0.15) is 4.31 Å². The lowest BCUT2D eigenvalue weighted by atomic mass is 10.2. The van der Waals surface area contributed by atoms with Crippen LogP contribution in [-0.2, 0) is 10.0 Å². The summed E-state index contributed by atoms with van der Waals surface area (Å²) in [6.07, 6.45) is 0.604. The molecule has 7 heteroatoms. The van der Waals surface area contributed by atoms with E-state index in [1.165, 1.54) is 4.31 Å². The van der Waals surface area contributed by atoms with E-state index in [4.69, 9.17) is 0 Å². The predicted octanol–water partition coefficient (Wildman–Crippen LogP) is 2.92. The summed E-state index contributed by atoms with van der Waals surface area (Å²) in [6.45, 7) is 3.51. The molecule has 2 amide bonds. The summed E-state index contributed by atoms with van der Waals surface area (Å²) in [4.78, 5) is 14.4. The highest BCUT2D eigenvalue weighted by Gasteiger charge is 2.28. The maximum Gasteiger partial charge on any atom is 0.321 e. The topological polar surface area (TPSA) is 69.7 Å². The van der Waals surface area contributed by atoms with E-state index in [9.17, 15) is 13.2 Å². The zero-order valence-electron chi connectivity index (χ0n) is 14.8. The fourth-order valence-corrected chi connectivity index (χ4v) is 4.39. The molecule has 0 atom stereocenters. The number of hydrogen-bond acceptors (Lipinski definition) is 3. The first-order valence-electron chi connectivity index (χ1n) is 8.64. The van der Waals surface area contributed by atoms with Crippen molar-refractivity contribution in [3.8, 4) is 0 Å². The standard InChI is InChI=1S/C19H23N3O3S/c1-16-8-10-18(11-9-16)26(24,25)22-13-5-12-21(14-15-22)19(23)20-17-6-3-2-4-7-17/h2-4,6-11H,5,12-15H2,1H3,(H,20,23). The fourth-order valence-electron chi connectivity index (χ4n) is 2.92. The summed E-state index contributed by atoms with van der Waals surface area (Å²) >= 11 is 0. The lowest BCUT2D eigenvalue weighted by Crippen LogP contribution is -2.39. The van der Waals surface area contributed by atoms with E-state index in [2.05, 4.69) is 5.32 Å². The molecule has 0 unspecified atom stereocenters. The molecule has 0 radical (unpaired) electrons. The van der Waals surface area contributed by atoms with Crippen LogP contribution in [0.15, 0.2) is 59.5 Å². The first-order valence-corrected chi connectivity index (χ1v) is 10.1. The molecule has 0 aliphatic carbocycles. The van der Waals surface area contributed by atoms with Crippen molar-refractivity contribution in [2.75, 3.05) is 31.5 Å². The zero-order valence-corrected chi connectivity index (χ0v) is 15.6. The molecule has 0 aromatic heterocycles. The molecular weight excluding hydrogens is 350 g/mol. The van der Waals surface area contributed by atoms with Crippen molar-refractivity contribution in [3.63, 3.8) is 0 Å². The van der Waals surface area contributed by atoms with E-state index in [0.717, 1.165) is 11.3 Å². The Morgan fingerprint density at radius 1 is 0.923 bits per heavy atom. The molecule has 26 heavy (non-hydrogen) atoms. The van der Waals surface area contributed by atoms with Gasteiger partial charge in [-0.25, -0.2) is 13.2 Å². The summed E-state index contributed by atoms with van der Waals surface area (Å²) in [6, 6.07) is 15.9. The third-order valence-electron chi connectivity index (χ3n) is 4.43. The SMILES string of the molecule is Cc1ccc(S(=O)(=O)N2CCCN(C(=O)Nc3ccccc3)CC2)cc1. The summed E-state index contributed by atoms with van der Waals surface area (Å²) < 4.78 is 27.1. The van der Waals surface area contributed by atoms with Crippen LogP contribution in [0, 0.1) is 6.92 Å². The molecule has 0 saturated carbocycles. The Morgan fingerprint density at radius 2 is 1.62 bits per heavy atom. The molecule has 1 heterocycles. The number of carbonyl (C=O) groups excluding carboxylic acids is 1. The number of carbonyl (C=O) groups is 1. The van der Waals surface area contributed by atoms with Crippen LogP contribution in [0.2, 0.25) is 0 Å². The second kappa shape index (κ2) is 7.88. The molecule has 1 fully saturated rings. The quantitative estimate of drug-likeness (QED) is 0.899. The van der Waals surface area contributed by atoms with Gasteiger partial charge in [-0.3, -0.25) is 0 Å². The number of aryl methyl sites for hydroxylation is 1. The number of benzene rings is 2. The van der Waals surface area contributed by atoms with E-state index in [1.807, 2.05) is 37.3 Å². The van der Waals surface area contributed by atoms with Gasteiger partial charge in [-0.1, -0.05) is 35.9 Å². The van der Waals surface area contributed by atoms with Crippen molar-refractivity contribution in [3.05, 3.63) is 60.2 Å². The van der Waals surface area contributed by atoms with E-state index in [1.54, 1.807) is 29.2 Å². The predicted molar refractivity (Wildman–Crippen MR) is 102 cm³/mol. The molecule has 1 aliphatic rings. The number of nitrogens with one attached hydrogen (secondary N) is 1. The highest BCUT2D eigenvalue weighted by atomic mass is 32.2. The van der Waals surface area contributed by atoms with Crippen LogP contribution in [0.5, 0.6) is 0 Å². The smallest absolute Gasteiger partial charge is 0.321 e. The number of para-hydroxylation sites is 1. The number of hydrogen-bond donors (Lipinski definition) is 1. The van der Waals surface area contributed by atoms with Gasteiger partial charge >= 0.3 is 6.03 Å². The van der Waals surface area contributed by atoms with Crippen molar-refractivity contribution in [1.29, 1.82) is 0 Å². The van der Waals surface area contributed by atoms with Crippen LogP contribution in [0.1, 0.15) is 12.0 Å². The maximum absolute atomic E-state index is 12.8. The van der Waals surface area contributed by atoms with Crippen LogP contribution in [0.3, 0.4) is 0 Å². The summed E-state index contributed by atoms with van der Waals surface area (Å²) in [7, 11) is -3.54. The van der Waals surface area contributed by atoms with Gasteiger partial charge in [-0.15, -0.1) is 0 Å². The molecule has 2 aromatic carbocycles. The Morgan fingerprint density at radius 3 is 2.31 bits per heavy atom. The minimum atomic E-state index is -3.54. The molecule has 0 bridgehead atoms. The van der Waals surface area contributed by atoms with Gasteiger partial charge in [0.05, 0.1) is 4.90 Å². The Balaban J connectivity index is 1.66. The molecule has 0 spiro atoms. The normalized spacial score (nSPS) is 16.1. The minimum Gasteiger partial charge on any atom is -0.323 e. The Kier molecular flexibility index (Phi) is 5.58. The van der Waals surface area contributed by atoms with Crippen LogP contribution in [-0.4, -0.2) is 49.8 Å². The molecule has 1 saturated heterocycles. The van der Waals surface area contributed by atoms with Gasteiger partial charge < -0.3 is 10.2 Å². The number of sulfonamides is 1. The number of urea groups is 1. The van der Waals surface area contributed by atoms with Crippen molar-refractivity contribution in [2.24, 2.45) is 0 Å². The van der Waals surface area contributed by atoms with Crippen molar-refractivity contribution < 1.29 is 13.2 Å². The zero-order chi connectivity index (χ0) is 18.6. The summed E-state index contributed by atoms with van der Waals surface area (Å²) in [5, 5.41) is 2.85. The number of rotatable bonds is 3. The first-order chi connectivity index (χ1) is 12.5. The third kappa shape index (κ3) is 4.23. The van der Waals surface area contributed by atoms with Crippen LogP contribution in [0.25, 0.3) is 0 Å². The van der Waals surface area contributed by atoms with Gasteiger partial charge in [0, 0.05) is 31.9 Å². The van der Waals surface area contributed by atoms with Crippen LogP contribution >= 0.6 is 0 Å². The monoisotopic (exact) mass is 373 g/mol. The van der Waals surface area contributed by atoms with Gasteiger partial charge in [0.25, 0.3) is 0 Å². The van der Waals surface area contributed by atoms with Crippen molar-refractivity contribution in [2.45, 2.75) is 18.2 Å². The largest absolute Gasteiger partial charge is 0.323 e. The second-order valence-corrected chi connectivity index (χ2v) is 8.29. The van der Waals surface area contributed by atoms with Crippen LogP contribution < -0.4 is 5.32 Å². The molecular formula is C19H23N3O3S. The van der Waals surface area contributed by atoms with Gasteiger partial charge in [0.2, 0.25) is 10.0 Å². The number of nitrogens with zero attached hydrogens (tertiary/aromatic N) is 2. The second-order valence-electron chi connectivity index (χ2n) is 6.35. The molecule has 1 N–H and O–H groups in total. The fraction of sp³-hybridized carbons (Fsp3) is 0.316.